The van der Waals surface area contributed by atoms with E-state index in [2.05, 4.69) is 27.9 Å². The first-order valence-corrected chi connectivity index (χ1v) is 7.43. The fourth-order valence-corrected chi connectivity index (χ4v) is 2.69. The van der Waals surface area contributed by atoms with Gasteiger partial charge in [-0.25, -0.2) is 0 Å². The highest BCUT2D eigenvalue weighted by Gasteiger charge is 2.19. The number of benzene rings is 2. The number of carbonyl (C=O) groups is 2. The summed E-state index contributed by atoms with van der Waals surface area (Å²) in [7, 11) is 0. The van der Waals surface area contributed by atoms with Gasteiger partial charge in [0, 0.05) is 20.4 Å². The van der Waals surface area contributed by atoms with Crippen LogP contribution in [0, 0.1) is 3.57 Å². The van der Waals surface area contributed by atoms with Gasteiger partial charge in [0.25, 0.3) is 0 Å². The van der Waals surface area contributed by atoms with Crippen LogP contribution in [0.4, 0.5) is 5.69 Å². The van der Waals surface area contributed by atoms with Crippen molar-refractivity contribution in [1.82, 2.24) is 0 Å². The standard InChI is InChI=1S/C15H9ClINO2/c16-11-6-9(1-3-12(11)17)15(20)8-2-4-13-10(5-8)7-14(19)18-13/h1-6H,7H2,(H,18,19). The molecule has 0 unspecified atom stereocenters. The molecule has 1 aliphatic heterocycles. The van der Waals surface area contributed by atoms with Crippen LogP contribution >= 0.6 is 34.2 Å². The van der Waals surface area contributed by atoms with E-state index >= 15 is 0 Å². The van der Waals surface area contributed by atoms with Crippen molar-refractivity contribution in [3.63, 3.8) is 0 Å². The van der Waals surface area contributed by atoms with Crippen molar-refractivity contribution in [2.24, 2.45) is 0 Å². The quantitative estimate of drug-likeness (QED) is 0.621. The first-order valence-electron chi connectivity index (χ1n) is 5.97. The van der Waals surface area contributed by atoms with Gasteiger partial charge in [0.2, 0.25) is 5.91 Å². The van der Waals surface area contributed by atoms with E-state index in [4.69, 9.17) is 11.6 Å². The zero-order valence-electron chi connectivity index (χ0n) is 10.2. The molecule has 0 aromatic heterocycles. The average Bonchev–Trinajstić information content (AvgIpc) is 2.80. The number of anilines is 1. The maximum absolute atomic E-state index is 12.4. The minimum absolute atomic E-state index is 0.0399. The zero-order chi connectivity index (χ0) is 14.3. The fraction of sp³-hybridized carbons (Fsp3) is 0.0667. The second-order valence-electron chi connectivity index (χ2n) is 4.55. The first-order chi connectivity index (χ1) is 9.54. The normalized spacial score (nSPS) is 13.0. The van der Waals surface area contributed by atoms with Crippen LogP contribution in [-0.4, -0.2) is 11.7 Å². The van der Waals surface area contributed by atoms with Gasteiger partial charge in [-0.15, -0.1) is 0 Å². The third kappa shape index (κ3) is 2.45. The zero-order valence-corrected chi connectivity index (χ0v) is 13.2. The molecule has 1 aliphatic rings. The Bertz CT molecular complexity index is 743. The van der Waals surface area contributed by atoms with Gasteiger partial charge in [-0.2, -0.15) is 0 Å². The number of rotatable bonds is 2. The summed E-state index contributed by atoms with van der Waals surface area (Å²) >= 11 is 8.16. The summed E-state index contributed by atoms with van der Waals surface area (Å²) in [5.74, 6) is -0.132. The lowest BCUT2D eigenvalue weighted by Crippen LogP contribution is -2.03. The third-order valence-corrected chi connectivity index (χ3v) is 4.75. The van der Waals surface area contributed by atoms with E-state index in [0.29, 0.717) is 22.6 Å². The Kier molecular flexibility index (Phi) is 3.52. The van der Waals surface area contributed by atoms with Crippen LogP contribution in [0.5, 0.6) is 0 Å². The summed E-state index contributed by atoms with van der Waals surface area (Å²) in [6, 6.07) is 10.5. The van der Waals surface area contributed by atoms with Crippen molar-refractivity contribution in [2.75, 3.05) is 5.32 Å². The molecule has 2 aromatic carbocycles. The van der Waals surface area contributed by atoms with Crippen LogP contribution in [-0.2, 0) is 11.2 Å². The molecular weight excluding hydrogens is 389 g/mol. The molecule has 0 atom stereocenters. The van der Waals surface area contributed by atoms with E-state index in [1.807, 2.05) is 6.07 Å². The SMILES string of the molecule is O=C1Cc2cc(C(=O)c3ccc(I)c(Cl)c3)ccc2N1. The van der Waals surface area contributed by atoms with Gasteiger partial charge in [-0.1, -0.05) is 11.6 Å². The van der Waals surface area contributed by atoms with E-state index < -0.39 is 0 Å². The van der Waals surface area contributed by atoms with Crippen LogP contribution in [0.3, 0.4) is 0 Å². The predicted molar refractivity (Wildman–Crippen MR) is 86.4 cm³/mol. The van der Waals surface area contributed by atoms with E-state index in [1.165, 1.54) is 0 Å². The van der Waals surface area contributed by atoms with Gasteiger partial charge in [0.1, 0.15) is 0 Å². The topological polar surface area (TPSA) is 46.2 Å². The maximum atomic E-state index is 12.4. The minimum atomic E-state index is -0.0922. The van der Waals surface area contributed by atoms with Gasteiger partial charge in [0.05, 0.1) is 11.4 Å². The highest BCUT2D eigenvalue weighted by Crippen LogP contribution is 2.26. The maximum Gasteiger partial charge on any atom is 0.228 e. The molecule has 5 heteroatoms. The van der Waals surface area contributed by atoms with E-state index in [1.54, 1.807) is 30.3 Å². The Hall–Kier alpha value is -1.40. The van der Waals surface area contributed by atoms with Gasteiger partial charge < -0.3 is 5.32 Å². The molecule has 0 fully saturated rings. The first kappa shape index (κ1) is 13.6. The van der Waals surface area contributed by atoms with Crippen LogP contribution in [0.1, 0.15) is 21.5 Å². The molecule has 1 N–H and O–H groups in total. The van der Waals surface area contributed by atoms with Crippen molar-refractivity contribution in [1.29, 1.82) is 0 Å². The summed E-state index contributed by atoms with van der Waals surface area (Å²) in [6.45, 7) is 0. The number of hydrogen-bond acceptors (Lipinski definition) is 2. The van der Waals surface area contributed by atoms with Crippen LogP contribution in [0.15, 0.2) is 36.4 Å². The van der Waals surface area contributed by atoms with Gasteiger partial charge >= 0.3 is 0 Å². The molecule has 1 amide bonds. The molecule has 3 nitrogen and oxygen atoms in total. The lowest BCUT2D eigenvalue weighted by atomic mass is 10.0. The molecule has 0 saturated carbocycles. The van der Waals surface area contributed by atoms with Crippen molar-refractivity contribution in [2.45, 2.75) is 6.42 Å². The largest absolute Gasteiger partial charge is 0.326 e. The molecule has 0 saturated heterocycles. The molecule has 0 radical (unpaired) electrons. The van der Waals surface area contributed by atoms with E-state index in [9.17, 15) is 9.59 Å². The third-order valence-electron chi connectivity index (χ3n) is 3.17. The highest BCUT2D eigenvalue weighted by molar-refractivity contribution is 14.1. The summed E-state index contributed by atoms with van der Waals surface area (Å²) < 4.78 is 0.907. The molecule has 2 aromatic rings. The highest BCUT2D eigenvalue weighted by atomic mass is 127. The number of nitrogens with one attached hydrogen (secondary N) is 1. The molecule has 1 heterocycles. The number of halogens is 2. The molecule has 20 heavy (non-hydrogen) atoms. The Morgan fingerprint density at radius 3 is 2.60 bits per heavy atom. The van der Waals surface area contributed by atoms with Crippen LogP contribution in [0.25, 0.3) is 0 Å². The van der Waals surface area contributed by atoms with Gasteiger partial charge in [0.15, 0.2) is 5.78 Å². The van der Waals surface area contributed by atoms with Gasteiger partial charge in [-0.3, -0.25) is 9.59 Å². The van der Waals surface area contributed by atoms with Crippen molar-refractivity contribution in [3.8, 4) is 0 Å². The number of amides is 1. The number of hydrogen-bond donors (Lipinski definition) is 1. The Morgan fingerprint density at radius 2 is 1.85 bits per heavy atom. The van der Waals surface area contributed by atoms with E-state index in [0.717, 1.165) is 14.8 Å². The Labute approximate surface area is 134 Å². The smallest absolute Gasteiger partial charge is 0.228 e. The Balaban J connectivity index is 1.97. The molecule has 0 bridgehead atoms. The molecular formula is C15H9ClINO2. The Morgan fingerprint density at radius 1 is 1.15 bits per heavy atom. The summed E-state index contributed by atoms with van der Waals surface area (Å²) in [5.41, 5.74) is 2.76. The second-order valence-corrected chi connectivity index (χ2v) is 6.12. The lowest BCUT2D eigenvalue weighted by Gasteiger charge is -2.05. The van der Waals surface area contributed by atoms with Crippen molar-refractivity contribution < 1.29 is 9.59 Å². The van der Waals surface area contributed by atoms with Crippen LogP contribution < -0.4 is 5.32 Å². The van der Waals surface area contributed by atoms with Crippen LogP contribution in [0.2, 0.25) is 5.02 Å². The van der Waals surface area contributed by atoms with Crippen molar-refractivity contribution >= 4 is 51.6 Å². The number of carbonyl (C=O) groups excluding carboxylic acids is 2. The van der Waals surface area contributed by atoms with E-state index in [-0.39, 0.29) is 11.7 Å². The molecule has 3 rings (SSSR count). The molecule has 0 spiro atoms. The van der Waals surface area contributed by atoms with Crippen molar-refractivity contribution in [3.05, 3.63) is 61.7 Å². The number of ketones is 1. The second kappa shape index (κ2) is 5.18. The lowest BCUT2D eigenvalue weighted by molar-refractivity contribution is -0.115. The fourth-order valence-electron chi connectivity index (χ4n) is 2.17. The van der Waals surface area contributed by atoms with Gasteiger partial charge in [-0.05, 0) is 64.6 Å². The predicted octanol–water partition coefficient (Wildman–Crippen LogP) is 3.67. The molecule has 0 aliphatic carbocycles. The molecule has 100 valence electrons. The number of fused-ring (bicyclic) bond motifs is 1. The minimum Gasteiger partial charge on any atom is -0.326 e. The monoisotopic (exact) mass is 397 g/mol. The average molecular weight is 398 g/mol. The summed E-state index contributed by atoms with van der Waals surface area (Å²) in [4.78, 5) is 23.7. The summed E-state index contributed by atoms with van der Waals surface area (Å²) in [6.07, 6.45) is 0.323. The summed E-state index contributed by atoms with van der Waals surface area (Å²) in [5, 5.41) is 3.31.